The predicted molar refractivity (Wildman–Crippen MR) is 166 cm³/mol. The highest BCUT2D eigenvalue weighted by Gasteiger charge is 2.73. The zero-order valence-corrected chi connectivity index (χ0v) is 28.3. The molecule has 3 heterocycles. The third-order valence-electron chi connectivity index (χ3n) is 14.1. The Hall–Kier alpha value is -1.56. The number of carbonyl (C=O) groups excluding carboxylic acids is 2. The van der Waals surface area contributed by atoms with Crippen molar-refractivity contribution in [3.63, 3.8) is 0 Å². The zero-order valence-electron chi connectivity index (χ0n) is 28.3. The zero-order chi connectivity index (χ0) is 35.3. The van der Waals surface area contributed by atoms with Crippen LogP contribution >= 0.6 is 0 Å². The van der Waals surface area contributed by atoms with Gasteiger partial charge in [0, 0.05) is 17.9 Å². The molecule has 7 aliphatic rings. The Morgan fingerprint density at radius 2 is 1.43 bits per heavy atom. The summed E-state index contributed by atoms with van der Waals surface area (Å²) >= 11 is 0. The van der Waals surface area contributed by atoms with Crippen LogP contribution in [0.2, 0.25) is 0 Å². The van der Waals surface area contributed by atoms with Crippen molar-refractivity contribution in [2.24, 2.45) is 28.6 Å². The van der Waals surface area contributed by atoms with E-state index in [2.05, 4.69) is 6.92 Å². The number of hydrogen-bond donors (Lipinski definition) is 7. The van der Waals surface area contributed by atoms with E-state index < -0.39 is 89.5 Å². The van der Waals surface area contributed by atoms with Gasteiger partial charge in [-0.3, -0.25) is 0 Å². The lowest BCUT2D eigenvalue weighted by molar-refractivity contribution is -0.364. The number of carbonyl (C=O) groups is 2. The first-order valence-corrected chi connectivity index (χ1v) is 17.9. The second kappa shape index (κ2) is 12.5. The van der Waals surface area contributed by atoms with E-state index in [1.54, 1.807) is 19.9 Å². The minimum absolute atomic E-state index is 0.0393. The van der Waals surface area contributed by atoms with Gasteiger partial charge < -0.3 is 64.2 Å². The lowest BCUT2D eigenvalue weighted by Gasteiger charge is -2.66. The van der Waals surface area contributed by atoms with Crippen LogP contribution < -0.4 is 0 Å². The molecule has 276 valence electrons. The highest BCUT2D eigenvalue weighted by Crippen LogP contribution is 2.71. The van der Waals surface area contributed by atoms with Gasteiger partial charge in [-0.15, -0.1) is 0 Å². The van der Waals surface area contributed by atoms with E-state index in [0.29, 0.717) is 38.5 Å². The molecule has 18 atom stereocenters. The van der Waals surface area contributed by atoms with Gasteiger partial charge >= 0.3 is 5.97 Å². The normalized spacial score (nSPS) is 55.9. The lowest BCUT2D eigenvalue weighted by Crippen LogP contribution is -2.71. The number of fused-ring (bicyclic) bond motifs is 5. The van der Waals surface area contributed by atoms with Gasteiger partial charge in [0.15, 0.2) is 12.6 Å². The van der Waals surface area contributed by atoms with Crippen molar-refractivity contribution in [3.05, 3.63) is 11.6 Å². The van der Waals surface area contributed by atoms with Crippen molar-refractivity contribution >= 4 is 12.3 Å². The molecular formula is C35H52O14. The van der Waals surface area contributed by atoms with E-state index >= 15 is 0 Å². The standard InChI is InChI=1S/C35H52O14/c1-16-24(38)26(40)28(42)30(46-16)48-19-4-9-33(15-36)21-5-8-32(3)20(18-12-23(37)45-14-18)7-11-35(32,44)22(21)6-10-34(33,13-19)49-31-29(43)27(41)25(39)17(2)47-31/h12,15-17,19-22,24-31,38-44H,4-11,13-14H2,1-3H3/t16-,17+,19-,20+,21-,22+,24-,25+,26+,27-,28+,29-,30-,31+,32+,33-,34-,35-/m0/s1. The summed E-state index contributed by atoms with van der Waals surface area (Å²) in [5, 5.41) is 76.2. The molecule has 4 aliphatic carbocycles. The lowest BCUT2D eigenvalue weighted by atomic mass is 9.41. The number of aliphatic hydroxyl groups excluding tert-OH is 6. The third-order valence-corrected chi connectivity index (χ3v) is 14.1. The third kappa shape index (κ3) is 5.23. The summed E-state index contributed by atoms with van der Waals surface area (Å²) in [6, 6.07) is 0. The molecule has 14 heteroatoms. The quantitative estimate of drug-likeness (QED) is 0.107. The Balaban J connectivity index is 1.22. The van der Waals surface area contributed by atoms with Gasteiger partial charge in [0.25, 0.3) is 0 Å². The number of ether oxygens (including phenoxy) is 5. The fraction of sp³-hybridized carbons (Fsp3) is 0.886. The number of cyclic esters (lactones) is 1. The van der Waals surface area contributed by atoms with Crippen LogP contribution in [0.4, 0.5) is 0 Å². The van der Waals surface area contributed by atoms with E-state index in [0.717, 1.165) is 11.9 Å². The molecule has 6 fully saturated rings. The van der Waals surface area contributed by atoms with Crippen LogP contribution in [-0.2, 0) is 33.3 Å². The highest BCUT2D eigenvalue weighted by atomic mass is 16.7. The molecule has 49 heavy (non-hydrogen) atoms. The van der Waals surface area contributed by atoms with Gasteiger partial charge in [-0.25, -0.2) is 4.79 Å². The minimum Gasteiger partial charge on any atom is -0.458 e. The summed E-state index contributed by atoms with van der Waals surface area (Å²) in [5.41, 5.74) is -3.26. The highest BCUT2D eigenvalue weighted by molar-refractivity contribution is 5.85. The first kappa shape index (κ1) is 35.8. The Labute approximate surface area is 285 Å². The van der Waals surface area contributed by atoms with Gasteiger partial charge in [-0.2, -0.15) is 0 Å². The van der Waals surface area contributed by atoms with Crippen LogP contribution in [0.3, 0.4) is 0 Å². The van der Waals surface area contributed by atoms with Gasteiger partial charge in [0.05, 0.1) is 34.9 Å². The molecule has 7 N–H and O–H groups in total. The first-order valence-electron chi connectivity index (χ1n) is 17.9. The fourth-order valence-corrected chi connectivity index (χ4v) is 11.3. The maximum Gasteiger partial charge on any atom is 0.331 e. The van der Waals surface area contributed by atoms with E-state index in [4.69, 9.17) is 23.7 Å². The topological polar surface area (TPSA) is 222 Å². The second-order valence-corrected chi connectivity index (χ2v) is 16.2. The van der Waals surface area contributed by atoms with E-state index in [-0.39, 0.29) is 49.6 Å². The molecule has 7 rings (SSSR count). The van der Waals surface area contributed by atoms with E-state index in [9.17, 15) is 45.3 Å². The molecule has 0 aromatic heterocycles. The molecule has 0 amide bonds. The maximum atomic E-state index is 13.8. The van der Waals surface area contributed by atoms with Gasteiger partial charge in [-0.1, -0.05) is 6.92 Å². The van der Waals surface area contributed by atoms with Crippen molar-refractivity contribution in [3.8, 4) is 0 Å². The largest absolute Gasteiger partial charge is 0.458 e. The molecule has 0 bridgehead atoms. The molecule has 0 spiro atoms. The Morgan fingerprint density at radius 1 is 0.796 bits per heavy atom. The summed E-state index contributed by atoms with van der Waals surface area (Å²) in [7, 11) is 0. The molecule has 2 saturated heterocycles. The number of aliphatic hydroxyl groups is 7. The number of esters is 1. The molecule has 0 radical (unpaired) electrons. The van der Waals surface area contributed by atoms with Crippen LogP contribution in [0.15, 0.2) is 11.6 Å². The summed E-state index contributed by atoms with van der Waals surface area (Å²) in [6.45, 7) is 5.42. The monoisotopic (exact) mass is 696 g/mol. The molecule has 0 aromatic rings. The molecule has 14 nitrogen and oxygen atoms in total. The van der Waals surface area contributed by atoms with Crippen molar-refractivity contribution in [1.29, 1.82) is 0 Å². The first-order chi connectivity index (χ1) is 23.1. The minimum atomic E-state index is -1.62. The van der Waals surface area contributed by atoms with Crippen LogP contribution in [-0.4, -0.2) is 133 Å². The van der Waals surface area contributed by atoms with Crippen LogP contribution in [0.5, 0.6) is 0 Å². The van der Waals surface area contributed by atoms with Crippen LogP contribution in [0.25, 0.3) is 0 Å². The number of aldehydes is 1. The predicted octanol–water partition coefficient (Wildman–Crippen LogP) is -0.398. The van der Waals surface area contributed by atoms with E-state index in [1.165, 1.54) is 0 Å². The summed E-state index contributed by atoms with van der Waals surface area (Å²) in [6.07, 6.45) is -7.55. The number of hydrogen-bond acceptors (Lipinski definition) is 14. The van der Waals surface area contributed by atoms with Gasteiger partial charge in [0.1, 0.15) is 49.5 Å². The average molecular weight is 697 g/mol. The maximum absolute atomic E-state index is 13.8. The van der Waals surface area contributed by atoms with Gasteiger partial charge in [0.2, 0.25) is 0 Å². The van der Waals surface area contributed by atoms with Gasteiger partial charge in [-0.05, 0) is 88.5 Å². The summed E-state index contributed by atoms with van der Waals surface area (Å²) in [4.78, 5) is 25.7. The Morgan fingerprint density at radius 3 is 2.06 bits per heavy atom. The average Bonchev–Trinajstić information content (AvgIpc) is 3.62. The molecular weight excluding hydrogens is 644 g/mol. The van der Waals surface area contributed by atoms with Crippen LogP contribution in [0, 0.1) is 28.6 Å². The van der Waals surface area contributed by atoms with E-state index in [1.807, 2.05) is 0 Å². The SMILES string of the molecule is C[C@@H]1O[C@@H](O[C@H]2CC[C@]3(C=O)[C@H]4CC[C@]5(C)[C@@H](C6=CC(=O)OC6)CC[C@]5(O)[C@@H]4CC[C@]3(O[C@H]3O[C@H](C)[C@@H](O)[C@H](O)[C@@H]3O)C2)[C@H](O)[C@H](O)[C@H]1O. The summed E-state index contributed by atoms with van der Waals surface area (Å²) in [5.74, 6) is -1.01. The van der Waals surface area contributed by atoms with Crippen molar-refractivity contribution in [1.82, 2.24) is 0 Å². The fourth-order valence-electron chi connectivity index (χ4n) is 11.3. The van der Waals surface area contributed by atoms with Crippen molar-refractivity contribution in [2.45, 2.75) is 157 Å². The molecule has 3 aliphatic heterocycles. The Bertz CT molecular complexity index is 1330. The Kier molecular flexibility index (Phi) is 9.17. The molecule has 0 unspecified atom stereocenters. The van der Waals surface area contributed by atoms with Crippen molar-refractivity contribution in [2.75, 3.05) is 6.61 Å². The van der Waals surface area contributed by atoms with Crippen LogP contribution in [0.1, 0.15) is 78.6 Å². The molecule has 0 aromatic carbocycles. The number of rotatable bonds is 6. The van der Waals surface area contributed by atoms with Crippen molar-refractivity contribution < 1.29 is 69.0 Å². The summed E-state index contributed by atoms with van der Waals surface area (Å²) < 4.78 is 29.9. The smallest absolute Gasteiger partial charge is 0.331 e. The molecule has 4 saturated carbocycles. The second-order valence-electron chi connectivity index (χ2n) is 16.2.